The number of ether oxygens (including phenoxy) is 1. The molecule has 3 rings (SSSR count). The Kier molecular flexibility index (Phi) is 12.3. The van der Waals surface area contributed by atoms with Gasteiger partial charge in [0.05, 0.1) is 19.1 Å². The molecule has 1 fully saturated rings. The van der Waals surface area contributed by atoms with E-state index in [1.54, 1.807) is 0 Å². The lowest BCUT2D eigenvalue weighted by Gasteiger charge is -2.42. The van der Waals surface area contributed by atoms with Crippen molar-refractivity contribution in [2.45, 2.75) is 58.3 Å². The molecule has 2 aromatic rings. The fourth-order valence-corrected chi connectivity index (χ4v) is 5.02. The highest BCUT2D eigenvalue weighted by Crippen LogP contribution is 2.28. The minimum absolute atomic E-state index is 0.0270. The number of hydrogen-bond acceptors (Lipinski definition) is 7. The van der Waals surface area contributed by atoms with Gasteiger partial charge in [-0.25, -0.2) is 19.9 Å². The molecule has 1 heterocycles. The lowest BCUT2D eigenvalue weighted by Crippen LogP contribution is -2.75. The summed E-state index contributed by atoms with van der Waals surface area (Å²) in [6.07, 6.45) is 2.77. The number of carbonyl (C=O) groups is 4. The topological polar surface area (TPSA) is 123 Å². The minimum atomic E-state index is -1.09. The van der Waals surface area contributed by atoms with Gasteiger partial charge in [-0.1, -0.05) is 86.8 Å². The van der Waals surface area contributed by atoms with E-state index in [2.05, 4.69) is 23.0 Å². The average Bonchev–Trinajstić information content (AvgIpc) is 2.99. The molecule has 1 aliphatic rings. The van der Waals surface area contributed by atoms with Crippen molar-refractivity contribution >= 4 is 23.8 Å². The van der Waals surface area contributed by atoms with Gasteiger partial charge >= 0.3 is 17.9 Å². The predicted molar refractivity (Wildman–Crippen MR) is 149 cm³/mol. The molecular weight excluding hydrogens is 512 g/mol. The first-order valence-corrected chi connectivity index (χ1v) is 13.9. The minimum Gasteiger partial charge on any atom is -0.456 e. The molecule has 0 aromatic heterocycles. The highest BCUT2D eigenvalue weighted by molar-refractivity contribution is 5.91. The van der Waals surface area contributed by atoms with Crippen LogP contribution < -0.4 is 16.1 Å². The molecule has 1 saturated heterocycles. The Bertz CT molecular complexity index is 1110. The number of urea groups is 1. The van der Waals surface area contributed by atoms with Gasteiger partial charge in [0.25, 0.3) is 0 Å². The van der Waals surface area contributed by atoms with E-state index < -0.39 is 40.3 Å². The van der Waals surface area contributed by atoms with E-state index in [9.17, 15) is 19.2 Å². The number of nitrogens with zero attached hydrogens (tertiary/aromatic N) is 1. The zero-order valence-corrected chi connectivity index (χ0v) is 23.4. The maximum absolute atomic E-state index is 14.3. The predicted octanol–water partition coefficient (Wildman–Crippen LogP) is 3.22. The number of quaternary nitrogens is 1. The standard InChI is InChI=1S/C30H40N4O6/c1-3-4-7-16-25(19-27(35)33-40-22-24-14-10-6-11-15-24)28(36)34(30(38)31-2)18-17-32-20-26(34)29(37)39-21-23-12-8-5-9-13-23/h5-6,8-15,25-26,32H,3-4,7,16-22H2,1-2H3,(H-,31,33,35,38)/p+1/t25-,26?,34-/m1/s1. The summed E-state index contributed by atoms with van der Waals surface area (Å²) < 4.78 is 4.85. The van der Waals surface area contributed by atoms with E-state index >= 15 is 0 Å². The highest BCUT2D eigenvalue weighted by Gasteiger charge is 2.58. The van der Waals surface area contributed by atoms with E-state index in [0.717, 1.165) is 24.0 Å². The summed E-state index contributed by atoms with van der Waals surface area (Å²) in [6, 6.07) is 16.9. The monoisotopic (exact) mass is 553 g/mol. The first-order valence-electron chi connectivity index (χ1n) is 13.9. The number of imide groups is 1. The van der Waals surface area contributed by atoms with E-state index in [0.29, 0.717) is 19.4 Å². The van der Waals surface area contributed by atoms with E-state index in [4.69, 9.17) is 9.57 Å². The second-order valence-electron chi connectivity index (χ2n) is 10.00. The summed E-state index contributed by atoms with van der Waals surface area (Å²) in [5, 5.41) is 5.72. The Morgan fingerprint density at radius 1 is 0.975 bits per heavy atom. The van der Waals surface area contributed by atoms with E-state index in [-0.39, 0.29) is 32.7 Å². The molecular formula is C30H41N4O6+. The molecule has 216 valence electrons. The van der Waals surface area contributed by atoms with Crippen molar-refractivity contribution in [2.24, 2.45) is 5.92 Å². The molecule has 10 heteroatoms. The van der Waals surface area contributed by atoms with Gasteiger partial charge in [-0.2, -0.15) is 4.48 Å². The lowest BCUT2D eigenvalue weighted by atomic mass is 9.92. The largest absolute Gasteiger partial charge is 0.456 e. The van der Waals surface area contributed by atoms with Crippen molar-refractivity contribution in [3.63, 3.8) is 0 Å². The molecule has 1 unspecified atom stereocenters. The number of benzene rings is 2. The number of piperazine rings is 1. The molecule has 2 aromatic carbocycles. The van der Waals surface area contributed by atoms with Crippen LogP contribution in [0.4, 0.5) is 4.79 Å². The molecule has 3 atom stereocenters. The molecule has 0 saturated carbocycles. The van der Waals surface area contributed by atoms with Crippen LogP contribution in [0.3, 0.4) is 0 Å². The Morgan fingerprint density at radius 2 is 1.62 bits per heavy atom. The first kappa shape index (κ1) is 30.9. The lowest BCUT2D eigenvalue weighted by molar-refractivity contribution is -0.797. The SMILES string of the molecule is CCCCC[C@H](CC(=O)NOCc1ccccc1)C(=O)[N@@+]1(C(=O)NC)CCNCC1C(=O)OCc1ccccc1. The number of rotatable bonds is 13. The number of carbonyl (C=O) groups excluding carboxylic acids is 4. The van der Waals surface area contributed by atoms with Crippen LogP contribution in [0.5, 0.6) is 0 Å². The fraction of sp³-hybridized carbons (Fsp3) is 0.467. The second-order valence-corrected chi connectivity index (χ2v) is 10.00. The van der Waals surface area contributed by atoms with Crippen LogP contribution in [0.15, 0.2) is 60.7 Å². The third kappa shape index (κ3) is 8.20. The van der Waals surface area contributed by atoms with Gasteiger partial charge < -0.3 is 15.4 Å². The van der Waals surface area contributed by atoms with Gasteiger partial charge in [-0.3, -0.25) is 9.63 Å². The number of unbranched alkanes of at least 4 members (excludes halogenated alkanes) is 2. The van der Waals surface area contributed by atoms with Gasteiger partial charge in [0.15, 0.2) is 0 Å². The summed E-state index contributed by atoms with van der Waals surface area (Å²) in [4.78, 5) is 59.4. The second kappa shape index (κ2) is 15.9. The molecule has 0 aliphatic carbocycles. The maximum Gasteiger partial charge on any atom is 0.424 e. The van der Waals surface area contributed by atoms with Crippen molar-refractivity contribution in [3.8, 4) is 0 Å². The number of amides is 4. The molecule has 10 nitrogen and oxygen atoms in total. The van der Waals surface area contributed by atoms with Crippen molar-refractivity contribution in [3.05, 3.63) is 71.8 Å². The zero-order valence-electron chi connectivity index (χ0n) is 23.4. The van der Waals surface area contributed by atoms with Crippen molar-refractivity contribution in [1.29, 1.82) is 0 Å². The Labute approximate surface area is 235 Å². The third-order valence-corrected chi connectivity index (χ3v) is 7.18. The molecule has 0 spiro atoms. The highest BCUT2D eigenvalue weighted by atomic mass is 16.6. The van der Waals surface area contributed by atoms with E-state index in [1.165, 1.54) is 7.05 Å². The average molecular weight is 554 g/mol. The molecule has 3 N–H and O–H groups in total. The summed E-state index contributed by atoms with van der Waals surface area (Å²) in [5.41, 5.74) is 4.12. The Hall–Kier alpha value is -3.60. The van der Waals surface area contributed by atoms with Crippen LogP contribution in [0.1, 0.15) is 50.2 Å². The van der Waals surface area contributed by atoms with Gasteiger partial charge in [-0.05, 0) is 17.5 Å². The van der Waals surface area contributed by atoms with Crippen molar-refractivity contribution in [2.75, 3.05) is 26.7 Å². The van der Waals surface area contributed by atoms with Crippen molar-refractivity contribution < 1.29 is 33.2 Å². The smallest absolute Gasteiger partial charge is 0.424 e. The van der Waals surface area contributed by atoms with Crippen molar-refractivity contribution in [1.82, 2.24) is 16.1 Å². The third-order valence-electron chi connectivity index (χ3n) is 7.18. The van der Waals surface area contributed by atoms with Gasteiger partial charge in [-0.15, -0.1) is 0 Å². The van der Waals surface area contributed by atoms with Gasteiger partial charge in [0.2, 0.25) is 11.9 Å². The molecule has 0 radical (unpaired) electrons. The van der Waals surface area contributed by atoms with Crippen LogP contribution in [0.25, 0.3) is 0 Å². The number of esters is 1. The van der Waals surface area contributed by atoms with E-state index in [1.807, 2.05) is 60.7 Å². The zero-order chi connectivity index (χ0) is 28.8. The van der Waals surface area contributed by atoms with Crippen LogP contribution in [-0.2, 0) is 37.2 Å². The number of hydroxylamine groups is 1. The molecule has 4 amide bonds. The quantitative estimate of drug-likeness (QED) is 0.151. The molecule has 1 aliphatic heterocycles. The van der Waals surface area contributed by atoms with Crippen LogP contribution in [-0.4, -0.2) is 61.0 Å². The summed E-state index contributed by atoms with van der Waals surface area (Å²) in [7, 11) is 1.44. The van der Waals surface area contributed by atoms with Gasteiger partial charge in [0, 0.05) is 20.0 Å². The Balaban J connectivity index is 1.78. The first-order chi connectivity index (χ1) is 19.4. The number of hydrogen-bond donors (Lipinski definition) is 3. The van der Waals surface area contributed by atoms with Crippen LogP contribution >= 0.6 is 0 Å². The summed E-state index contributed by atoms with van der Waals surface area (Å²) >= 11 is 0. The van der Waals surface area contributed by atoms with Crippen LogP contribution in [0, 0.1) is 5.92 Å². The fourth-order valence-electron chi connectivity index (χ4n) is 5.02. The molecule has 40 heavy (non-hydrogen) atoms. The summed E-state index contributed by atoms with van der Waals surface area (Å²) in [6.45, 7) is 2.78. The number of nitrogens with one attached hydrogen (secondary N) is 3. The van der Waals surface area contributed by atoms with Crippen LogP contribution in [0.2, 0.25) is 0 Å². The maximum atomic E-state index is 14.3. The van der Waals surface area contributed by atoms with Gasteiger partial charge in [0.1, 0.15) is 13.2 Å². The normalized spacial score (nSPS) is 19.3. The molecule has 0 bridgehead atoms. The Morgan fingerprint density at radius 3 is 2.25 bits per heavy atom. The summed E-state index contributed by atoms with van der Waals surface area (Å²) in [5.74, 6) is -2.35.